The summed E-state index contributed by atoms with van der Waals surface area (Å²) >= 11 is 0. The molecule has 0 amide bonds. The molecule has 0 aliphatic carbocycles. The molecular weight excluding hydrogens is 440 g/mol. The molecular formula is C26H14O8. The Hall–Kier alpha value is -4.85. The fourth-order valence-corrected chi connectivity index (χ4v) is 3.71. The van der Waals surface area contributed by atoms with Crippen LogP contribution in [0.15, 0.2) is 67.2 Å². The van der Waals surface area contributed by atoms with Crippen molar-refractivity contribution < 1.29 is 38.2 Å². The maximum atomic E-state index is 12.5. The normalized spacial score (nSPS) is 13.8. The van der Waals surface area contributed by atoms with E-state index in [0.29, 0.717) is 12.0 Å². The zero-order chi connectivity index (χ0) is 24.0. The molecule has 8 heteroatoms. The van der Waals surface area contributed by atoms with Crippen LogP contribution in [0, 0.1) is 0 Å². The fraction of sp³-hybridized carbons (Fsp3) is 0.0385. The van der Waals surface area contributed by atoms with Crippen LogP contribution in [-0.2, 0) is 15.9 Å². The highest BCUT2D eigenvalue weighted by Crippen LogP contribution is 2.27. The van der Waals surface area contributed by atoms with Gasteiger partial charge in [0.15, 0.2) is 0 Å². The topological polar surface area (TPSA) is 113 Å². The van der Waals surface area contributed by atoms with E-state index < -0.39 is 29.8 Å². The minimum atomic E-state index is -0.800. The lowest BCUT2D eigenvalue weighted by Gasteiger charge is -2.09. The molecule has 34 heavy (non-hydrogen) atoms. The van der Waals surface area contributed by atoms with E-state index in [1.807, 2.05) is 0 Å². The van der Waals surface area contributed by atoms with Gasteiger partial charge >= 0.3 is 29.8 Å². The quantitative estimate of drug-likeness (QED) is 0.325. The molecule has 2 aliphatic heterocycles. The molecule has 8 nitrogen and oxygen atoms in total. The Labute approximate surface area is 192 Å². The fourth-order valence-electron chi connectivity index (χ4n) is 3.71. The van der Waals surface area contributed by atoms with E-state index in [1.54, 1.807) is 42.5 Å². The third kappa shape index (κ3) is 3.67. The Bertz CT molecular complexity index is 1340. The molecule has 0 aromatic heterocycles. The summed E-state index contributed by atoms with van der Waals surface area (Å²) in [5.41, 5.74) is 3.00. The predicted octanol–water partition coefficient (Wildman–Crippen LogP) is 3.78. The molecule has 0 saturated carbocycles. The highest BCUT2D eigenvalue weighted by atomic mass is 16.6. The predicted molar refractivity (Wildman–Crippen MR) is 117 cm³/mol. The van der Waals surface area contributed by atoms with Crippen LogP contribution in [0.3, 0.4) is 0 Å². The molecule has 0 bridgehead atoms. The minimum absolute atomic E-state index is 0.0255. The monoisotopic (exact) mass is 454 g/mol. The maximum absolute atomic E-state index is 12.5. The standard InChI is InChI=1S/C26H14O8/c1-13(15-4-8-18-20(11-15)25(30)33-23(18)28)10-14-2-6-17(7-3-14)32-22(27)16-5-9-19-21(12-16)26(31)34-24(19)29/h2-9,11-12H,1,10H2. The first kappa shape index (κ1) is 21.0. The Morgan fingerprint density at radius 1 is 0.676 bits per heavy atom. The molecule has 0 fully saturated rings. The SMILES string of the molecule is C=C(Cc1ccc(OC(=O)c2ccc3c(c2)C(=O)OC3=O)cc1)c1ccc2c(c1)C(=O)OC2=O. The van der Waals surface area contributed by atoms with Gasteiger partial charge in [0.1, 0.15) is 5.75 Å². The molecule has 2 aliphatic rings. The minimum Gasteiger partial charge on any atom is -0.423 e. The van der Waals surface area contributed by atoms with Gasteiger partial charge in [-0.2, -0.15) is 0 Å². The number of esters is 5. The molecule has 166 valence electrons. The number of hydrogen-bond acceptors (Lipinski definition) is 8. The van der Waals surface area contributed by atoms with Gasteiger partial charge in [0.05, 0.1) is 27.8 Å². The second kappa shape index (κ2) is 7.93. The summed E-state index contributed by atoms with van der Waals surface area (Å²) in [6.07, 6.45) is 0.455. The van der Waals surface area contributed by atoms with Gasteiger partial charge in [-0.25, -0.2) is 24.0 Å². The Morgan fingerprint density at radius 2 is 1.18 bits per heavy atom. The summed E-state index contributed by atoms with van der Waals surface area (Å²) in [5, 5.41) is 0. The number of carbonyl (C=O) groups is 5. The second-order valence-corrected chi connectivity index (χ2v) is 7.69. The Balaban J connectivity index is 1.26. The van der Waals surface area contributed by atoms with Gasteiger partial charge in [-0.05, 0) is 65.6 Å². The van der Waals surface area contributed by atoms with E-state index >= 15 is 0 Å². The molecule has 0 radical (unpaired) electrons. The number of cyclic esters (lactones) is 4. The first-order chi connectivity index (χ1) is 16.3. The van der Waals surface area contributed by atoms with Gasteiger partial charge in [-0.15, -0.1) is 0 Å². The van der Waals surface area contributed by atoms with E-state index in [0.717, 1.165) is 11.1 Å². The lowest BCUT2D eigenvalue weighted by molar-refractivity contribution is 0.0425. The number of carbonyl (C=O) groups excluding carboxylic acids is 5. The van der Waals surface area contributed by atoms with Gasteiger partial charge in [0.25, 0.3) is 0 Å². The average Bonchev–Trinajstić information content (AvgIpc) is 3.28. The maximum Gasteiger partial charge on any atom is 0.346 e. The number of benzene rings is 3. The smallest absolute Gasteiger partial charge is 0.346 e. The van der Waals surface area contributed by atoms with Crippen molar-refractivity contribution in [2.24, 2.45) is 0 Å². The molecule has 0 spiro atoms. The van der Waals surface area contributed by atoms with Gasteiger partial charge < -0.3 is 14.2 Å². The number of ether oxygens (including phenoxy) is 3. The molecule has 5 rings (SSSR count). The van der Waals surface area contributed by atoms with Crippen LogP contribution in [0.4, 0.5) is 0 Å². The largest absolute Gasteiger partial charge is 0.423 e. The first-order valence-corrected chi connectivity index (χ1v) is 10.1. The molecule has 2 heterocycles. The highest BCUT2D eigenvalue weighted by Gasteiger charge is 2.31. The van der Waals surface area contributed by atoms with Gasteiger partial charge in [-0.1, -0.05) is 24.8 Å². The van der Waals surface area contributed by atoms with Crippen molar-refractivity contribution in [1.29, 1.82) is 0 Å². The summed E-state index contributed by atoms with van der Waals surface area (Å²) in [5.74, 6) is -3.27. The van der Waals surface area contributed by atoms with Gasteiger partial charge in [0.2, 0.25) is 0 Å². The lowest BCUT2D eigenvalue weighted by atomic mass is 9.96. The van der Waals surface area contributed by atoms with Crippen molar-refractivity contribution in [3.63, 3.8) is 0 Å². The van der Waals surface area contributed by atoms with Crippen LogP contribution in [0.1, 0.15) is 62.9 Å². The van der Waals surface area contributed by atoms with Crippen LogP contribution < -0.4 is 4.74 Å². The number of fused-ring (bicyclic) bond motifs is 2. The van der Waals surface area contributed by atoms with Gasteiger partial charge in [-0.3, -0.25) is 0 Å². The van der Waals surface area contributed by atoms with Crippen molar-refractivity contribution in [2.75, 3.05) is 0 Å². The van der Waals surface area contributed by atoms with E-state index in [9.17, 15) is 24.0 Å². The van der Waals surface area contributed by atoms with Crippen molar-refractivity contribution >= 4 is 35.4 Å². The summed E-state index contributed by atoms with van der Waals surface area (Å²) in [6.45, 7) is 4.06. The molecule has 0 N–H and O–H groups in total. The van der Waals surface area contributed by atoms with E-state index in [2.05, 4.69) is 16.1 Å². The zero-order valence-corrected chi connectivity index (χ0v) is 17.5. The summed E-state index contributed by atoms with van der Waals surface area (Å²) in [4.78, 5) is 59.0. The summed E-state index contributed by atoms with van der Waals surface area (Å²) in [6, 6.07) is 15.6. The molecule has 0 unspecified atom stereocenters. The third-order valence-electron chi connectivity index (χ3n) is 5.48. The van der Waals surface area contributed by atoms with E-state index in [-0.39, 0.29) is 33.6 Å². The molecule has 3 aromatic rings. The Morgan fingerprint density at radius 3 is 1.76 bits per heavy atom. The second-order valence-electron chi connectivity index (χ2n) is 7.69. The first-order valence-electron chi connectivity index (χ1n) is 10.1. The zero-order valence-electron chi connectivity index (χ0n) is 17.5. The lowest BCUT2D eigenvalue weighted by Crippen LogP contribution is -2.09. The van der Waals surface area contributed by atoms with E-state index in [4.69, 9.17) is 4.74 Å². The third-order valence-corrected chi connectivity index (χ3v) is 5.48. The Kier molecular flexibility index (Phi) is 4.90. The highest BCUT2D eigenvalue weighted by molar-refractivity contribution is 6.16. The number of allylic oxidation sites excluding steroid dienone is 1. The number of rotatable bonds is 5. The van der Waals surface area contributed by atoms with Crippen LogP contribution in [-0.4, -0.2) is 29.8 Å². The number of hydrogen-bond donors (Lipinski definition) is 0. The van der Waals surface area contributed by atoms with E-state index in [1.165, 1.54) is 18.2 Å². The van der Waals surface area contributed by atoms with Crippen molar-refractivity contribution in [2.45, 2.75) is 6.42 Å². The van der Waals surface area contributed by atoms with Crippen LogP contribution in [0.25, 0.3) is 5.57 Å². The summed E-state index contributed by atoms with van der Waals surface area (Å²) < 4.78 is 14.5. The molecule has 0 saturated heterocycles. The average molecular weight is 454 g/mol. The summed E-state index contributed by atoms with van der Waals surface area (Å²) in [7, 11) is 0. The molecule has 3 aromatic carbocycles. The van der Waals surface area contributed by atoms with Crippen molar-refractivity contribution in [3.05, 3.63) is 106 Å². The van der Waals surface area contributed by atoms with Crippen LogP contribution in [0.5, 0.6) is 5.75 Å². The van der Waals surface area contributed by atoms with Crippen LogP contribution >= 0.6 is 0 Å². The molecule has 0 atom stereocenters. The van der Waals surface area contributed by atoms with Gasteiger partial charge in [0, 0.05) is 0 Å². The van der Waals surface area contributed by atoms with Crippen LogP contribution in [0.2, 0.25) is 0 Å². The van der Waals surface area contributed by atoms with Crippen molar-refractivity contribution in [3.8, 4) is 5.75 Å². The van der Waals surface area contributed by atoms with Crippen molar-refractivity contribution in [1.82, 2.24) is 0 Å².